The minimum Gasteiger partial charge on any atom is -0.370 e. The molecule has 2 rings (SSSR count). The van der Waals surface area contributed by atoms with Gasteiger partial charge in [-0.25, -0.2) is 8.42 Å². The summed E-state index contributed by atoms with van der Waals surface area (Å²) in [5, 5.41) is 0. The summed E-state index contributed by atoms with van der Waals surface area (Å²) in [4.78, 5) is 14.9. The van der Waals surface area contributed by atoms with Crippen molar-refractivity contribution in [2.75, 3.05) is 6.61 Å². The molecular weight excluding hydrogens is 306 g/mol. The largest absolute Gasteiger partial charge is 0.370 e. The van der Waals surface area contributed by atoms with E-state index < -0.39 is 26.1 Å². The smallest absolute Gasteiger partial charge is 0.259 e. The minimum atomic E-state index is -3.59. The average molecular weight is 327 g/mol. The Morgan fingerprint density at radius 1 is 1.41 bits per heavy atom. The van der Waals surface area contributed by atoms with Crippen molar-refractivity contribution in [3.63, 3.8) is 0 Å². The topological polar surface area (TPSA) is 125 Å². The first-order valence-corrected chi connectivity index (χ1v) is 8.48. The maximum atomic E-state index is 12.5. The molecule has 2 aliphatic rings. The van der Waals surface area contributed by atoms with Crippen LogP contribution in [-0.4, -0.2) is 31.8 Å². The molecule has 0 fully saturated rings. The Labute approximate surface area is 130 Å². The van der Waals surface area contributed by atoms with Gasteiger partial charge in [0.2, 0.25) is 9.84 Å². The van der Waals surface area contributed by atoms with Gasteiger partial charge in [-0.15, -0.1) is 0 Å². The number of sulfone groups is 1. The molecule has 7 nitrogen and oxygen atoms in total. The van der Waals surface area contributed by atoms with Gasteiger partial charge in [-0.05, 0) is 38.3 Å². The summed E-state index contributed by atoms with van der Waals surface area (Å²) >= 11 is 0. The summed E-state index contributed by atoms with van der Waals surface area (Å²) in [6.45, 7) is 5.04. The molecule has 1 aliphatic carbocycles. The molecule has 1 atom stereocenters. The number of hydrogen-bond donors (Lipinski definition) is 2. The highest BCUT2D eigenvalue weighted by atomic mass is 32.2. The SMILES string of the molecule is CCC1(C(=O)N=C(N)N)C=CC2=C(COC(C)(C)S2(=O)=O)C1. The highest BCUT2D eigenvalue weighted by Gasteiger charge is 2.47. The normalized spacial score (nSPS) is 28.9. The van der Waals surface area contributed by atoms with Gasteiger partial charge in [-0.2, -0.15) is 4.99 Å². The lowest BCUT2D eigenvalue weighted by Gasteiger charge is -2.38. The summed E-state index contributed by atoms with van der Waals surface area (Å²) < 4.78 is 30.5. The van der Waals surface area contributed by atoms with Crippen molar-refractivity contribution >= 4 is 21.7 Å². The fourth-order valence-corrected chi connectivity index (χ4v) is 4.16. The molecule has 0 bridgehead atoms. The van der Waals surface area contributed by atoms with E-state index in [1.165, 1.54) is 19.9 Å². The molecule has 0 saturated heterocycles. The molecule has 22 heavy (non-hydrogen) atoms. The van der Waals surface area contributed by atoms with Gasteiger partial charge in [-0.1, -0.05) is 13.0 Å². The second-order valence-electron chi connectivity index (χ2n) is 6.02. The molecule has 0 aromatic carbocycles. The summed E-state index contributed by atoms with van der Waals surface area (Å²) in [6.07, 6.45) is 3.78. The van der Waals surface area contributed by atoms with Crippen LogP contribution in [-0.2, 0) is 19.4 Å². The van der Waals surface area contributed by atoms with Crippen LogP contribution in [0.5, 0.6) is 0 Å². The van der Waals surface area contributed by atoms with Crippen LogP contribution in [0.1, 0.15) is 33.6 Å². The van der Waals surface area contributed by atoms with Crippen molar-refractivity contribution in [3.05, 3.63) is 22.6 Å². The van der Waals surface area contributed by atoms with Crippen LogP contribution in [0.2, 0.25) is 0 Å². The van der Waals surface area contributed by atoms with E-state index in [2.05, 4.69) is 4.99 Å². The molecule has 1 aliphatic heterocycles. The van der Waals surface area contributed by atoms with E-state index in [0.29, 0.717) is 12.0 Å². The second-order valence-corrected chi connectivity index (χ2v) is 8.45. The van der Waals surface area contributed by atoms with Gasteiger partial charge in [-0.3, -0.25) is 4.79 Å². The van der Waals surface area contributed by atoms with E-state index in [9.17, 15) is 13.2 Å². The number of aliphatic imine (C=N–C) groups is 1. The Bertz CT molecular complexity index is 700. The van der Waals surface area contributed by atoms with E-state index in [1.807, 2.05) is 6.92 Å². The van der Waals surface area contributed by atoms with Gasteiger partial charge in [0.25, 0.3) is 5.91 Å². The number of rotatable bonds is 2. The van der Waals surface area contributed by atoms with Crippen molar-refractivity contribution in [3.8, 4) is 0 Å². The summed E-state index contributed by atoms with van der Waals surface area (Å²) in [6, 6.07) is 0. The molecule has 8 heteroatoms. The number of amides is 1. The molecule has 0 aromatic heterocycles. The molecule has 0 aromatic rings. The maximum absolute atomic E-state index is 12.5. The second kappa shape index (κ2) is 5.20. The molecule has 0 radical (unpaired) electrons. The number of ether oxygens (including phenoxy) is 1. The molecule has 1 unspecified atom stereocenters. The zero-order valence-corrected chi connectivity index (χ0v) is 13.7. The van der Waals surface area contributed by atoms with Crippen molar-refractivity contribution < 1.29 is 17.9 Å². The number of carbonyl (C=O) groups excluding carboxylic acids is 1. The standard InChI is InChI=1S/C14H21N3O4S/c1-4-14(11(18)17-12(15)16)6-5-10-9(7-14)8-21-13(2,3)22(10,19)20/h5-6H,4,7-8H2,1-3H3,(H4,15,16,17,18). The highest BCUT2D eigenvalue weighted by molar-refractivity contribution is 7.96. The lowest BCUT2D eigenvalue weighted by molar-refractivity contribution is -0.125. The molecule has 1 amide bonds. The summed E-state index contributed by atoms with van der Waals surface area (Å²) in [7, 11) is -3.59. The van der Waals surface area contributed by atoms with Crippen LogP contribution < -0.4 is 11.5 Å². The molecule has 0 spiro atoms. The number of hydrogen-bond acceptors (Lipinski definition) is 4. The Kier molecular flexibility index (Phi) is 3.95. The highest BCUT2D eigenvalue weighted by Crippen LogP contribution is 2.44. The predicted octanol–water partition coefficient (Wildman–Crippen LogP) is 0.578. The zero-order chi connectivity index (χ0) is 16.8. The Morgan fingerprint density at radius 2 is 2.05 bits per heavy atom. The first-order chi connectivity index (χ1) is 10.1. The van der Waals surface area contributed by atoms with Gasteiger partial charge < -0.3 is 16.2 Å². The van der Waals surface area contributed by atoms with Crippen LogP contribution in [0.3, 0.4) is 0 Å². The first-order valence-electron chi connectivity index (χ1n) is 7.00. The summed E-state index contributed by atoms with van der Waals surface area (Å²) in [5.41, 5.74) is 10.2. The molecule has 4 N–H and O–H groups in total. The van der Waals surface area contributed by atoms with Crippen LogP contribution in [0.15, 0.2) is 27.6 Å². The number of carbonyl (C=O) groups is 1. The van der Waals surface area contributed by atoms with Gasteiger partial charge >= 0.3 is 0 Å². The molecule has 122 valence electrons. The number of nitrogens with zero attached hydrogens (tertiary/aromatic N) is 1. The molecular formula is C14H21N3O4S. The number of allylic oxidation sites excluding steroid dienone is 1. The van der Waals surface area contributed by atoms with Crippen LogP contribution in [0.4, 0.5) is 0 Å². The van der Waals surface area contributed by atoms with E-state index in [0.717, 1.165) is 0 Å². The van der Waals surface area contributed by atoms with Crippen LogP contribution in [0.25, 0.3) is 0 Å². The molecule has 1 heterocycles. The van der Waals surface area contributed by atoms with Crippen molar-refractivity contribution in [1.82, 2.24) is 0 Å². The lowest BCUT2D eigenvalue weighted by atomic mass is 9.75. The summed E-state index contributed by atoms with van der Waals surface area (Å²) in [5.74, 6) is -0.778. The van der Waals surface area contributed by atoms with Crippen molar-refractivity contribution in [1.29, 1.82) is 0 Å². The fraction of sp³-hybridized carbons (Fsp3) is 0.571. The number of nitrogens with two attached hydrogens (primary N) is 2. The third-order valence-electron chi connectivity index (χ3n) is 4.25. The van der Waals surface area contributed by atoms with Gasteiger partial charge in [0.05, 0.1) is 16.9 Å². The average Bonchev–Trinajstić information content (AvgIpc) is 2.42. The third kappa shape index (κ3) is 2.46. The fourth-order valence-electron chi connectivity index (χ4n) is 2.65. The Balaban J connectivity index is 2.46. The number of guanidine groups is 1. The first kappa shape index (κ1) is 16.7. The maximum Gasteiger partial charge on any atom is 0.259 e. The predicted molar refractivity (Wildman–Crippen MR) is 83.3 cm³/mol. The van der Waals surface area contributed by atoms with Gasteiger partial charge in [0.15, 0.2) is 10.9 Å². The Morgan fingerprint density at radius 3 is 2.59 bits per heavy atom. The molecule has 0 saturated carbocycles. The van der Waals surface area contributed by atoms with E-state index in [-0.39, 0.29) is 23.9 Å². The quantitative estimate of drug-likeness (QED) is 0.564. The van der Waals surface area contributed by atoms with E-state index in [4.69, 9.17) is 16.2 Å². The van der Waals surface area contributed by atoms with Gasteiger partial charge in [0, 0.05) is 0 Å². The van der Waals surface area contributed by atoms with E-state index >= 15 is 0 Å². The van der Waals surface area contributed by atoms with Crippen molar-refractivity contribution in [2.45, 2.75) is 38.5 Å². The van der Waals surface area contributed by atoms with Crippen molar-refractivity contribution in [2.24, 2.45) is 21.9 Å². The Hall–Kier alpha value is -1.67. The minimum absolute atomic E-state index is 0.169. The van der Waals surface area contributed by atoms with E-state index in [1.54, 1.807) is 6.08 Å². The van der Waals surface area contributed by atoms with Gasteiger partial charge in [0.1, 0.15) is 0 Å². The lowest BCUT2D eigenvalue weighted by Crippen LogP contribution is -2.43. The third-order valence-corrected chi connectivity index (χ3v) is 6.67. The van der Waals surface area contributed by atoms with Crippen LogP contribution in [0, 0.1) is 5.41 Å². The zero-order valence-electron chi connectivity index (χ0n) is 12.9. The van der Waals surface area contributed by atoms with Crippen LogP contribution >= 0.6 is 0 Å². The monoisotopic (exact) mass is 327 g/mol.